The second-order valence-corrected chi connectivity index (χ2v) is 7.63. The molecular weight excluding hydrogens is 398 g/mol. The van der Waals surface area contributed by atoms with Gasteiger partial charge in [-0.25, -0.2) is 4.99 Å². The number of nitrogens with zero attached hydrogens (tertiary/aromatic N) is 3. The summed E-state index contributed by atoms with van der Waals surface area (Å²) in [5, 5.41) is 11.8. The van der Waals surface area contributed by atoms with Crippen molar-refractivity contribution in [3.05, 3.63) is 105 Å². The molecule has 0 unspecified atom stereocenters. The first-order chi connectivity index (χ1) is 14.5. The molecule has 1 amide bonds. The minimum Gasteiger partial charge on any atom is -0.268 e. The zero-order valence-corrected chi connectivity index (χ0v) is 16.9. The SMILES string of the molecule is Cc1ccc(C=C2SC(=Nc3ccccc3)N(c3ccccc3)C2=O)cc1[N+](=O)[O-]. The van der Waals surface area contributed by atoms with Crippen LogP contribution in [0.2, 0.25) is 0 Å². The quantitative estimate of drug-likeness (QED) is 0.311. The van der Waals surface area contributed by atoms with E-state index in [0.29, 0.717) is 26.9 Å². The Labute approximate surface area is 177 Å². The van der Waals surface area contributed by atoms with Gasteiger partial charge in [-0.1, -0.05) is 48.5 Å². The third-order valence-corrected chi connectivity index (χ3v) is 5.50. The van der Waals surface area contributed by atoms with Gasteiger partial charge in [0.1, 0.15) is 0 Å². The van der Waals surface area contributed by atoms with E-state index >= 15 is 0 Å². The lowest BCUT2D eigenvalue weighted by Gasteiger charge is -2.15. The van der Waals surface area contributed by atoms with Crippen LogP contribution in [0.4, 0.5) is 17.1 Å². The lowest BCUT2D eigenvalue weighted by atomic mass is 10.1. The molecule has 3 aromatic carbocycles. The van der Waals surface area contributed by atoms with E-state index in [0.717, 1.165) is 5.69 Å². The van der Waals surface area contributed by atoms with Gasteiger partial charge >= 0.3 is 0 Å². The van der Waals surface area contributed by atoms with Crippen LogP contribution in [-0.4, -0.2) is 16.0 Å². The molecule has 0 radical (unpaired) electrons. The monoisotopic (exact) mass is 415 g/mol. The molecule has 0 aromatic heterocycles. The summed E-state index contributed by atoms with van der Waals surface area (Å²) in [6, 6.07) is 23.6. The highest BCUT2D eigenvalue weighted by molar-refractivity contribution is 8.19. The Balaban J connectivity index is 1.77. The van der Waals surface area contributed by atoms with Crippen molar-refractivity contribution in [2.24, 2.45) is 4.99 Å². The molecule has 0 saturated carbocycles. The third-order valence-electron chi connectivity index (χ3n) is 4.53. The lowest BCUT2D eigenvalue weighted by molar-refractivity contribution is -0.385. The van der Waals surface area contributed by atoms with E-state index in [1.54, 1.807) is 30.0 Å². The lowest BCUT2D eigenvalue weighted by Crippen LogP contribution is -2.28. The van der Waals surface area contributed by atoms with Crippen LogP contribution in [-0.2, 0) is 4.79 Å². The second-order valence-electron chi connectivity index (χ2n) is 6.62. The molecule has 6 nitrogen and oxygen atoms in total. The number of anilines is 1. The number of carbonyl (C=O) groups excluding carboxylic acids is 1. The topological polar surface area (TPSA) is 75.8 Å². The molecule has 1 saturated heterocycles. The number of nitro groups is 1. The van der Waals surface area contributed by atoms with Crippen LogP contribution in [0, 0.1) is 17.0 Å². The summed E-state index contributed by atoms with van der Waals surface area (Å²) in [5.74, 6) is -0.218. The maximum atomic E-state index is 13.2. The van der Waals surface area contributed by atoms with Crippen molar-refractivity contribution in [1.82, 2.24) is 0 Å². The Morgan fingerprint density at radius 1 is 1.00 bits per heavy atom. The fourth-order valence-corrected chi connectivity index (χ4v) is 4.03. The van der Waals surface area contributed by atoms with E-state index in [1.807, 2.05) is 60.7 Å². The summed E-state index contributed by atoms with van der Waals surface area (Å²) in [4.78, 5) is 30.7. The standard InChI is InChI=1S/C23H17N3O3S/c1-16-12-13-17(14-20(16)26(28)29)15-21-22(27)25(19-10-6-3-7-11-19)23(30-21)24-18-8-4-2-5-9-18/h2-15H,1H3. The minimum absolute atomic E-state index is 0.0258. The summed E-state index contributed by atoms with van der Waals surface area (Å²) in [5.41, 5.74) is 2.64. The van der Waals surface area contributed by atoms with Gasteiger partial charge in [-0.05, 0) is 54.6 Å². The number of amides is 1. The first-order valence-corrected chi connectivity index (χ1v) is 10.0. The summed E-state index contributed by atoms with van der Waals surface area (Å²) < 4.78 is 0. The van der Waals surface area contributed by atoms with Crippen molar-refractivity contribution >= 4 is 46.0 Å². The van der Waals surface area contributed by atoms with Gasteiger partial charge in [0.05, 0.1) is 21.2 Å². The van der Waals surface area contributed by atoms with Crippen molar-refractivity contribution in [3.8, 4) is 0 Å². The van der Waals surface area contributed by atoms with Crippen molar-refractivity contribution in [3.63, 3.8) is 0 Å². The maximum absolute atomic E-state index is 13.2. The summed E-state index contributed by atoms with van der Waals surface area (Å²) in [7, 11) is 0. The largest absolute Gasteiger partial charge is 0.272 e. The van der Waals surface area contributed by atoms with Crippen LogP contribution in [0.25, 0.3) is 6.08 Å². The van der Waals surface area contributed by atoms with Gasteiger partial charge in [0.15, 0.2) is 5.17 Å². The normalized spacial score (nSPS) is 16.4. The van der Waals surface area contributed by atoms with Crippen LogP contribution in [0.1, 0.15) is 11.1 Å². The van der Waals surface area contributed by atoms with Crippen LogP contribution in [0.5, 0.6) is 0 Å². The molecule has 0 bridgehead atoms. The molecule has 0 aliphatic carbocycles. The van der Waals surface area contributed by atoms with Crippen LogP contribution < -0.4 is 4.90 Å². The minimum atomic E-state index is -0.417. The zero-order valence-electron chi connectivity index (χ0n) is 16.1. The first-order valence-electron chi connectivity index (χ1n) is 9.21. The average Bonchev–Trinajstić information content (AvgIpc) is 3.05. The van der Waals surface area contributed by atoms with E-state index in [4.69, 9.17) is 0 Å². The molecule has 0 spiro atoms. The van der Waals surface area contributed by atoms with Gasteiger partial charge in [-0.3, -0.25) is 19.8 Å². The van der Waals surface area contributed by atoms with Crippen LogP contribution in [0.3, 0.4) is 0 Å². The molecule has 7 heteroatoms. The second kappa shape index (κ2) is 8.34. The van der Waals surface area contributed by atoms with Gasteiger partial charge in [0.2, 0.25) is 0 Å². The average molecular weight is 415 g/mol. The predicted octanol–water partition coefficient (Wildman–Crippen LogP) is 5.71. The molecule has 148 valence electrons. The number of rotatable bonds is 4. The molecule has 1 heterocycles. The number of aryl methyl sites for hydroxylation is 1. The highest BCUT2D eigenvalue weighted by atomic mass is 32.2. The Hall–Kier alpha value is -3.71. The summed E-state index contributed by atoms with van der Waals surface area (Å²) >= 11 is 1.25. The van der Waals surface area contributed by atoms with Crippen LogP contribution >= 0.6 is 11.8 Å². The van der Waals surface area contributed by atoms with Gasteiger partial charge in [-0.2, -0.15) is 0 Å². The molecule has 1 aliphatic heterocycles. The van der Waals surface area contributed by atoms with Gasteiger partial charge < -0.3 is 0 Å². The summed E-state index contributed by atoms with van der Waals surface area (Å²) in [6.45, 7) is 1.69. The predicted molar refractivity (Wildman–Crippen MR) is 121 cm³/mol. The van der Waals surface area contributed by atoms with Gasteiger partial charge in [0.25, 0.3) is 11.6 Å². The number of para-hydroxylation sites is 2. The molecule has 3 aromatic rings. The number of nitro benzene ring substituents is 1. The van der Waals surface area contributed by atoms with Crippen molar-refractivity contribution in [2.45, 2.75) is 6.92 Å². The number of thioether (sulfide) groups is 1. The smallest absolute Gasteiger partial charge is 0.268 e. The first kappa shape index (κ1) is 19.6. The third kappa shape index (κ3) is 4.01. The number of hydrogen-bond donors (Lipinski definition) is 0. The van der Waals surface area contributed by atoms with Gasteiger partial charge in [-0.15, -0.1) is 0 Å². The van der Waals surface area contributed by atoms with E-state index in [1.165, 1.54) is 17.8 Å². The fraction of sp³-hybridized carbons (Fsp3) is 0.0435. The molecule has 1 aliphatic rings. The molecule has 30 heavy (non-hydrogen) atoms. The number of carbonyl (C=O) groups is 1. The molecular formula is C23H17N3O3S. The molecule has 0 N–H and O–H groups in total. The Morgan fingerprint density at radius 3 is 2.33 bits per heavy atom. The number of hydrogen-bond acceptors (Lipinski definition) is 5. The number of aliphatic imine (C=N–C) groups is 1. The molecule has 1 fully saturated rings. The molecule has 0 atom stereocenters. The highest BCUT2D eigenvalue weighted by Crippen LogP contribution is 2.37. The summed E-state index contributed by atoms with van der Waals surface area (Å²) in [6.07, 6.45) is 1.67. The van der Waals surface area contributed by atoms with Gasteiger partial charge in [0, 0.05) is 11.6 Å². The van der Waals surface area contributed by atoms with E-state index in [9.17, 15) is 14.9 Å². The van der Waals surface area contributed by atoms with E-state index in [-0.39, 0.29) is 11.6 Å². The Bertz CT molecular complexity index is 1170. The Kier molecular flexibility index (Phi) is 5.45. The Morgan fingerprint density at radius 2 is 1.67 bits per heavy atom. The maximum Gasteiger partial charge on any atom is 0.272 e. The fourth-order valence-electron chi connectivity index (χ4n) is 3.03. The zero-order chi connectivity index (χ0) is 21.1. The highest BCUT2D eigenvalue weighted by Gasteiger charge is 2.34. The van der Waals surface area contributed by atoms with Crippen LogP contribution in [0.15, 0.2) is 88.8 Å². The van der Waals surface area contributed by atoms with E-state index in [2.05, 4.69) is 4.99 Å². The van der Waals surface area contributed by atoms with Crippen molar-refractivity contribution < 1.29 is 9.72 Å². The van der Waals surface area contributed by atoms with Crippen molar-refractivity contribution in [2.75, 3.05) is 4.90 Å². The van der Waals surface area contributed by atoms with E-state index < -0.39 is 4.92 Å². The molecule has 4 rings (SSSR count). The number of benzene rings is 3. The number of amidine groups is 1. The van der Waals surface area contributed by atoms with Crippen molar-refractivity contribution in [1.29, 1.82) is 0 Å².